The van der Waals surface area contributed by atoms with Crippen LogP contribution in [0.5, 0.6) is 0 Å². The van der Waals surface area contributed by atoms with E-state index in [2.05, 4.69) is 10.6 Å². The molecular weight excluding hydrogens is 218 g/mol. The van der Waals surface area contributed by atoms with E-state index in [0.29, 0.717) is 19.2 Å². The Morgan fingerprint density at radius 3 is 2.76 bits per heavy atom. The second kappa shape index (κ2) is 8.44. The molecule has 0 aliphatic carbocycles. The molecule has 0 spiro atoms. The number of amides is 1. The topological polar surface area (TPSA) is 53.6 Å². The summed E-state index contributed by atoms with van der Waals surface area (Å²) >= 11 is 0. The van der Waals surface area contributed by atoms with Crippen molar-refractivity contribution in [3.8, 4) is 0 Å². The first kappa shape index (κ1) is 14.4. The average Bonchev–Trinajstić information content (AvgIpc) is 2.29. The van der Waals surface area contributed by atoms with Gasteiger partial charge in [0.25, 0.3) is 0 Å². The van der Waals surface area contributed by atoms with Gasteiger partial charge in [-0.1, -0.05) is 0 Å². The smallest absolute Gasteiger partial charge is 0.234 e. The Balaban J connectivity index is 1.91. The number of likely N-dealkylation sites (N-methyl/N-ethyl adjacent to an activating group) is 1. The van der Waals surface area contributed by atoms with Gasteiger partial charge in [-0.05, 0) is 46.4 Å². The molecular formula is C12H25N3O2. The summed E-state index contributed by atoms with van der Waals surface area (Å²) in [6.45, 7) is 4.02. The van der Waals surface area contributed by atoms with Crippen molar-refractivity contribution in [3.05, 3.63) is 0 Å². The highest BCUT2D eigenvalue weighted by Crippen LogP contribution is 2.06. The van der Waals surface area contributed by atoms with Crippen LogP contribution in [0.1, 0.15) is 19.3 Å². The molecule has 0 unspecified atom stereocenters. The van der Waals surface area contributed by atoms with Gasteiger partial charge in [-0.15, -0.1) is 0 Å². The minimum absolute atomic E-state index is 0.0804. The highest BCUT2D eigenvalue weighted by atomic mass is 16.5. The molecule has 1 aliphatic heterocycles. The van der Waals surface area contributed by atoms with E-state index in [9.17, 15) is 4.79 Å². The highest BCUT2D eigenvalue weighted by Gasteiger charge is 2.12. The number of nitrogens with one attached hydrogen (secondary N) is 2. The SMILES string of the molecule is CN(C)CC(=O)NCCCOC1CCNCC1. The van der Waals surface area contributed by atoms with E-state index in [1.165, 1.54) is 0 Å². The van der Waals surface area contributed by atoms with Gasteiger partial charge in [0.2, 0.25) is 5.91 Å². The summed E-state index contributed by atoms with van der Waals surface area (Å²) in [6.07, 6.45) is 3.51. The summed E-state index contributed by atoms with van der Waals surface area (Å²) in [5, 5.41) is 6.19. The molecule has 0 aromatic heterocycles. The number of piperidine rings is 1. The van der Waals surface area contributed by atoms with Gasteiger partial charge in [-0.2, -0.15) is 0 Å². The molecule has 5 heteroatoms. The van der Waals surface area contributed by atoms with Crippen molar-refractivity contribution in [3.63, 3.8) is 0 Å². The van der Waals surface area contributed by atoms with Crippen molar-refractivity contribution in [1.29, 1.82) is 0 Å². The molecule has 2 N–H and O–H groups in total. The van der Waals surface area contributed by atoms with Crippen LogP contribution in [0.3, 0.4) is 0 Å². The minimum Gasteiger partial charge on any atom is -0.378 e. The van der Waals surface area contributed by atoms with E-state index in [4.69, 9.17) is 4.74 Å². The molecule has 0 bridgehead atoms. The number of hydrogen-bond acceptors (Lipinski definition) is 4. The Hall–Kier alpha value is -0.650. The lowest BCUT2D eigenvalue weighted by Gasteiger charge is -2.22. The van der Waals surface area contributed by atoms with Gasteiger partial charge in [0.05, 0.1) is 12.6 Å². The van der Waals surface area contributed by atoms with Gasteiger partial charge in [0, 0.05) is 13.2 Å². The van der Waals surface area contributed by atoms with Gasteiger partial charge < -0.3 is 20.3 Å². The van der Waals surface area contributed by atoms with Crippen LogP contribution in [0.2, 0.25) is 0 Å². The maximum atomic E-state index is 11.3. The van der Waals surface area contributed by atoms with Crippen LogP contribution >= 0.6 is 0 Å². The molecule has 0 radical (unpaired) electrons. The predicted octanol–water partition coefficient (Wildman–Crippen LogP) is -0.177. The molecule has 1 fully saturated rings. The zero-order valence-electron chi connectivity index (χ0n) is 11.0. The minimum atomic E-state index is 0.0804. The molecule has 17 heavy (non-hydrogen) atoms. The fourth-order valence-electron chi connectivity index (χ4n) is 1.86. The van der Waals surface area contributed by atoms with Crippen LogP contribution in [0.25, 0.3) is 0 Å². The highest BCUT2D eigenvalue weighted by molar-refractivity contribution is 5.77. The van der Waals surface area contributed by atoms with Crippen LogP contribution in [0.4, 0.5) is 0 Å². The second-order valence-electron chi connectivity index (χ2n) is 4.76. The average molecular weight is 243 g/mol. The normalized spacial score (nSPS) is 17.4. The Kier molecular flexibility index (Phi) is 7.16. The summed E-state index contributed by atoms with van der Waals surface area (Å²) in [7, 11) is 3.78. The molecule has 0 saturated carbocycles. The van der Waals surface area contributed by atoms with Gasteiger partial charge in [-0.25, -0.2) is 0 Å². The lowest BCUT2D eigenvalue weighted by atomic mass is 10.1. The molecule has 1 aliphatic rings. The summed E-state index contributed by atoms with van der Waals surface area (Å²) in [5.74, 6) is 0.0804. The third-order valence-corrected chi connectivity index (χ3v) is 2.74. The van der Waals surface area contributed by atoms with Crippen molar-refractivity contribution in [2.75, 3.05) is 46.9 Å². The first-order valence-electron chi connectivity index (χ1n) is 6.42. The summed E-state index contributed by atoms with van der Waals surface area (Å²) in [6, 6.07) is 0. The number of carbonyl (C=O) groups is 1. The Morgan fingerprint density at radius 2 is 2.12 bits per heavy atom. The Bertz CT molecular complexity index is 216. The second-order valence-corrected chi connectivity index (χ2v) is 4.76. The maximum absolute atomic E-state index is 11.3. The van der Waals surface area contributed by atoms with E-state index in [-0.39, 0.29) is 5.91 Å². The summed E-state index contributed by atoms with van der Waals surface area (Å²) < 4.78 is 5.74. The first-order chi connectivity index (χ1) is 8.18. The van der Waals surface area contributed by atoms with Gasteiger partial charge >= 0.3 is 0 Å². The molecule has 5 nitrogen and oxygen atoms in total. The van der Waals surface area contributed by atoms with E-state index in [1.807, 2.05) is 19.0 Å². The van der Waals surface area contributed by atoms with Gasteiger partial charge in [0.15, 0.2) is 0 Å². The van der Waals surface area contributed by atoms with Crippen LogP contribution in [-0.4, -0.2) is 63.8 Å². The number of carbonyl (C=O) groups excluding carboxylic acids is 1. The first-order valence-corrected chi connectivity index (χ1v) is 6.42. The van der Waals surface area contributed by atoms with Crippen molar-refractivity contribution >= 4 is 5.91 Å². The lowest BCUT2D eigenvalue weighted by molar-refractivity contribution is -0.121. The summed E-state index contributed by atoms with van der Waals surface area (Å²) in [5.41, 5.74) is 0. The van der Waals surface area contributed by atoms with Crippen LogP contribution in [-0.2, 0) is 9.53 Å². The van der Waals surface area contributed by atoms with Crippen LogP contribution in [0, 0.1) is 0 Å². The zero-order valence-corrected chi connectivity index (χ0v) is 11.0. The third-order valence-electron chi connectivity index (χ3n) is 2.74. The molecule has 100 valence electrons. The van der Waals surface area contributed by atoms with Crippen LogP contribution in [0.15, 0.2) is 0 Å². The van der Waals surface area contributed by atoms with Crippen molar-refractivity contribution in [2.24, 2.45) is 0 Å². The fourth-order valence-corrected chi connectivity index (χ4v) is 1.86. The number of hydrogen-bond donors (Lipinski definition) is 2. The fraction of sp³-hybridized carbons (Fsp3) is 0.917. The molecule has 0 atom stereocenters. The molecule has 1 amide bonds. The largest absolute Gasteiger partial charge is 0.378 e. The standard InChI is InChI=1S/C12H25N3O2/c1-15(2)10-12(16)14-6-3-9-17-11-4-7-13-8-5-11/h11,13H,3-10H2,1-2H3,(H,14,16). The molecule has 1 saturated heterocycles. The number of rotatable bonds is 7. The molecule has 1 heterocycles. The molecule has 1 rings (SSSR count). The van der Waals surface area contributed by atoms with Crippen molar-refractivity contribution < 1.29 is 9.53 Å². The quantitative estimate of drug-likeness (QED) is 0.609. The van der Waals surface area contributed by atoms with Crippen molar-refractivity contribution in [1.82, 2.24) is 15.5 Å². The maximum Gasteiger partial charge on any atom is 0.234 e. The van der Waals surface area contributed by atoms with E-state index < -0.39 is 0 Å². The summed E-state index contributed by atoms with van der Waals surface area (Å²) in [4.78, 5) is 13.2. The predicted molar refractivity (Wildman–Crippen MR) is 68.0 cm³/mol. The zero-order chi connectivity index (χ0) is 12.5. The van der Waals surface area contributed by atoms with Gasteiger partial charge in [0.1, 0.15) is 0 Å². The molecule has 0 aromatic carbocycles. The van der Waals surface area contributed by atoms with Crippen LogP contribution < -0.4 is 10.6 Å². The van der Waals surface area contributed by atoms with Crippen molar-refractivity contribution in [2.45, 2.75) is 25.4 Å². The molecule has 0 aromatic rings. The van der Waals surface area contributed by atoms with Gasteiger partial charge in [-0.3, -0.25) is 4.79 Å². The van der Waals surface area contributed by atoms with E-state index in [1.54, 1.807) is 0 Å². The van der Waals surface area contributed by atoms with E-state index >= 15 is 0 Å². The number of ether oxygens (including phenoxy) is 1. The Morgan fingerprint density at radius 1 is 1.41 bits per heavy atom. The Labute approximate surface area is 104 Å². The third kappa shape index (κ3) is 7.31. The monoisotopic (exact) mass is 243 g/mol. The number of nitrogens with zero attached hydrogens (tertiary/aromatic N) is 1. The lowest BCUT2D eigenvalue weighted by Crippen LogP contribution is -2.35. The van der Waals surface area contributed by atoms with E-state index in [0.717, 1.165) is 39.0 Å².